The minimum absolute atomic E-state index is 0.0203. The van der Waals surface area contributed by atoms with E-state index in [-0.39, 0.29) is 5.41 Å². The SMILES string of the molecule is CC(C)(C)c1cc(C(N)=O)c(N)s1. The smallest absolute Gasteiger partial charge is 0.251 e. The summed E-state index contributed by atoms with van der Waals surface area (Å²) in [5, 5.41) is 0.512. The minimum Gasteiger partial charge on any atom is -0.390 e. The molecule has 4 N–H and O–H groups in total. The molecule has 0 aliphatic heterocycles. The van der Waals surface area contributed by atoms with Gasteiger partial charge in [-0.2, -0.15) is 0 Å². The number of primary amides is 1. The first kappa shape index (κ1) is 10.1. The Bertz CT molecular complexity index is 336. The lowest BCUT2D eigenvalue weighted by Gasteiger charge is -2.14. The summed E-state index contributed by atoms with van der Waals surface area (Å²) >= 11 is 1.43. The van der Waals surface area contributed by atoms with Crippen molar-refractivity contribution in [2.45, 2.75) is 26.2 Å². The maximum Gasteiger partial charge on any atom is 0.251 e. The normalized spacial score (nSPS) is 11.6. The summed E-state index contributed by atoms with van der Waals surface area (Å²) in [4.78, 5) is 12.0. The number of carbonyl (C=O) groups excluding carboxylic acids is 1. The van der Waals surface area contributed by atoms with Gasteiger partial charge < -0.3 is 11.5 Å². The van der Waals surface area contributed by atoms with E-state index in [9.17, 15) is 4.79 Å². The van der Waals surface area contributed by atoms with Crippen LogP contribution in [0.5, 0.6) is 0 Å². The zero-order valence-corrected chi connectivity index (χ0v) is 8.87. The first-order valence-electron chi connectivity index (χ1n) is 4.02. The first-order valence-corrected chi connectivity index (χ1v) is 4.83. The molecule has 72 valence electrons. The number of thiophene rings is 1. The van der Waals surface area contributed by atoms with E-state index in [1.54, 1.807) is 6.07 Å². The molecule has 1 aromatic rings. The Hall–Kier alpha value is -1.03. The molecular weight excluding hydrogens is 184 g/mol. The van der Waals surface area contributed by atoms with Crippen molar-refractivity contribution < 1.29 is 4.79 Å². The van der Waals surface area contributed by atoms with Gasteiger partial charge in [0.1, 0.15) is 0 Å². The molecule has 1 amide bonds. The van der Waals surface area contributed by atoms with E-state index in [0.29, 0.717) is 10.6 Å². The molecule has 0 aromatic carbocycles. The van der Waals surface area contributed by atoms with Crippen LogP contribution < -0.4 is 11.5 Å². The lowest BCUT2D eigenvalue weighted by atomic mass is 9.94. The molecule has 0 unspecified atom stereocenters. The molecule has 4 heteroatoms. The molecule has 3 nitrogen and oxygen atoms in total. The highest BCUT2D eigenvalue weighted by atomic mass is 32.1. The van der Waals surface area contributed by atoms with Crippen molar-refractivity contribution in [3.05, 3.63) is 16.5 Å². The maximum atomic E-state index is 10.9. The fourth-order valence-corrected chi connectivity index (χ4v) is 1.96. The highest BCUT2D eigenvalue weighted by molar-refractivity contribution is 7.16. The van der Waals surface area contributed by atoms with Crippen molar-refractivity contribution in [2.75, 3.05) is 5.73 Å². The molecule has 0 bridgehead atoms. The molecular formula is C9H14N2OS. The van der Waals surface area contributed by atoms with Crippen LogP contribution in [0.1, 0.15) is 36.0 Å². The van der Waals surface area contributed by atoms with Crippen molar-refractivity contribution in [1.29, 1.82) is 0 Å². The van der Waals surface area contributed by atoms with Gasteiger partial charge in [-0.15, -0.1) is 11.3 Å². The summed E-state index contributed by atoms with van der Waals surface area (Å²) in [7, 11) is 0. The van der Waals surface area contributed by atoms with Gasteiger partial charge in [0.2, 0.25) is 0 Å². The summed E-state index contributed by atoms with van der Waals surface area (Å²) in [6, 6.07) is 1.78. The van der Waals surface area contributed by atoms with Gasteiger partial charge in [-0.1, -0.05) is 20.8 Å². The molecule has 0 saturated carbocycles. The standard InChI is InChI=1S/C9H14N2OS/c1-9(2,3)6-4-5(7(10)12)8(11)13-6/h4H,11H2,1-3H3,(H2,10,12). The first-order chi connectivity index (χ1) is 5.82. The summed E-state index contributed by atoms with van der Waals surface area (Å²) in [6.07, 6.45) is 0. The Kier molecular flexibility index (Phi) is 2.34. The number of hydrogen-bond acceptors (Lipinski definition) is 3. The molecule has 0 spiro atoms. The van der Waals surface area contributed by atoms with Crippen molar-refractivity contribution in [2.24, 2.45) is 5.73 Å². The molecule has 13 heavy (non-hydrogen) atoms. The lowest BCUT2D eigenvalue weighted by molar-refractivity contribution is 0.100. The number of amides is 1. The van der Waals surface area contributed by atoms with Crippen molar-refractivity contribution >= 4 is 22.2 Å². The van der Waals surface area contributed by atoms with E-state index in [1.165, 1.54) is 11.3 Å². The Morgan fingerprint density at radius 1 is 1.46 bits per heavy atom. The Labute approximate surface area is 81.7 Å². The number of nitrogens with two attached hydrogens (primary N) is 2. The number of nitrogen functional groups attached to an aromatic ring is 1. The Morgan fingerprint density at radius 2 is 2.00 bits per heavy atom. The molecule has 0 aliphatic rings. The van der Waals surface area contributed by atoms with Crippen molar-refractivity contribution in [3.8, 4) is 0 Å². The second kappa shape index (κ2) is 3.03. The summed E-state index contributed by atoms with van der Waals surface area (Å²) in [6.45, 7) is 6.22. The number of carbonyl (C=O) groups is 1. The molecule has 0 aliphatic carbocycles. The predicted molar refractivity (Wildman–Crippen MR) is 55.9 cm³/mol. The number of rotatable bonds is 1. The second-order valence-electron chi connectivity index (χ2n) is 4.00. The van der Waals surface area contributed by atoms with E-state index >= 15 is 0 Å². The summed E-state index contributed by atoms with van der Waals surface area (Å²) < 4.78 is 0. The van der Waals surface area contributed by atoms with E-state index in [2.05, 4.69) is 20.8 Å². The van der Waals surface area contributed by atoms with Crippen LogP contribution in [0.2, 0.25) is 0 Å². The van der Waals surface area contributed by atoms with Gasteiger partial charge in [-0.3, -0.25) is 4.79 Å². The van der Waals surface area contributed by atoms with Gasteiger partial charge in [0.25, 0.3) is 5.91 Å². The van der Waals surface area contributed by atoms with Crippen molar-refractivity contribution in [1.82, 2.24) is 0 Å². The van der Waals surface area contributed by atoms with Crippen LogP contribution in [-0.2, 0) is 5.41 Å². The summed E-state index contributed by atoms with van der Waals surface area (Å²) in [5.74, 6) is -0.454. The summed E-state index contributed by atoms with van der Waals surface area (Å²) in [5.41, 5.74) is 11.3. The molecule has 0 saturated heterocycles. The highest BCUT2D eigenvalue weighted by Crippen LogP contribution is 2.33. The van der Waals surface area contributed by atoms with Gasteiger partial charge in [0.05, 0.1) is 10.6 Å². The topological polar surface area (TPSA) is 69.1 Å². The Morgan fingerprint density at radius 3 is 2.23 bits per heavy atom. The van der Waals surface area contributed by atoms with E-state index in [1.807, 2.05) is 0 Å². The highest BCUT2D eigenvalue weighted by Gasteiger charge is 2.20. The zero-order chi connectivity index (χ0) is 10.2. The van der Waals surface area contributed by atoms with Crippen molar-refractivity contribution in [3.63, 3.8) is 0 Å². The fraction of sp³-hybridized carbons (Fsp3) is 0.444. The average Bonchev–Trinajstić information content (AvgIpc) is 2.29. The van der Waals surface area contributed by atoms with Crippen LogP contribution in [0.25, 0.3) is 0 Å². The van der Waals surface area contributed by atoms with E-state index < -0.39 is 5.91 Å². The zero-order valence-electron chi connectivity index (χ0n) is 8.05. The number of hydrogen-bond donors (Lipinski definition) is 2. The average molecular weight is 198 g/mol. The van der Waals surface area contributed by atoms with Crippen LogP contribution in [0, 0.1) is 0 Å². The molecule has 1 heterocycles. The molecule has 1 aromatic heterocycles. The van der Waals surface area contributed by atoms with Crippen LogP contribution in [0.3, 0.4) is 0 Å². The Balaban J connectivity index is 3.17. The predicted octanol–water partition coefficient (Wildman–Crippen LogP) is 1.73. The molecule has 1 rings (SSSR count). The second-order valence-corrected chi connectivity index (χ2v) is 5.09. The van der Waals surface area contributed by atoms with Gasteiger partial charge in [0, 0.05) is 4.88 Å². The maximum absolute atomic E-state index is 10.9. The van der Waals surface area contributed by atoms with Crippen LogP contribution in [0.4, 0.5) is 5.00 Å². The van der Waals surface area contributed by atoms with Gasteiger partial charge in [-0.05, 0) is 11.5 Å². The minimum atomic E-state index is -0.454. The monoisotopic (exact) mass is 198 g/mol. The van der Waals surface area contributed by atoms with Crippen LogP contribution in [-0.4, -0.2) is 5.91 Å². The van der Waals surface area contributed by atoms with E-state index in [4.69, 9.17) is 11.5 Å². The third kappa shape index (κ3) is 2.01. The molecule has 0 radical (unpaired) electrons. The molecule has 0 fully saturated rings. The largest absolute Gasteiger partial charge is 0.390 e. The lowest BCUT2D eigenvalue weighted by Crippen LogP contribution is -2.12. The van der Waals surface area contributed by atoms with Gasteiger partial charge in [-0.25, -0.2) is 0 Å². The van der Waals surface area contributed by atoms with Crippen LogP contribution in [0.15, 0.2) is 6.07 Å². The van der Waals surface area contributed by atoms with Crippen LogP contribution >= 0.6 is 11.3 Å². The third-order valence-corrected chi connectivity index (χ3v) is 3.16. The molecule has 0 atom stereocenters. The number of anilines is 1. The van der Waals surface area contributed by atoms with E-state index in [0.717, 1.165) is 4.88 Å². The van der Waals surface area contributed by atoms with Gasteiger partial charge >= 0.3 is 0 Å². The fourth-order valence-electron chi connectivity index (χ4n) is 0.967. The van der Waals surface area contributed by atoms with Gasteiger partial charge in [0.15, 0.2) is 0 Å². The quantitative estimate of drug-likeness (QED) is 0.721. The third-order valence-electron chi connectivity index (χ3n) is 1.77.